The number of hydrogen-bond donors (Lipinski definition) is 2. The third kappa shape index (κ3) is 4.61. The zero-order chi connectivity index (χ0) is 16.8. The van der Waals surface area contributed by atoms with Gasteiger partial charge in [-0.1, -0.05) is 17.7 Å². The third-order valence-corrected chi connectivity index (χ3v) is 4.12. The fourth-order valence-electron chi connectivity index (χ4n) is 1.76. The number of nitrogens with one attached hydrogen (secondary N) is 1. The smallest absolute Gasteiger partial charge is 0.342 e. The molecule has 0 aliphatic carbocycles. The Morgan fingerprint density at radius 2 is 2.17 bits per heavy atom. The largest absolute Gasteiger partial charge is 0.496 e. The van der Waals surface area contributed by atoms with Gasteiger partial charge in [0.2, 0.25) is 0 Å². The van der Waals surface area contributed by atoms with Crippen molar-refractivity contribution in [1.82, 2.24) is 5.32 Å². The van der Waals surface area contributed by atoms with Crippen molar-refractivity contribution in [2.45, 2.75) is 6.54 Å². The summed E-state index contributed by atoms with van der Waals surface area (Å²) in [5.74, 6) is -0.877. The fourth-order valence-corrected chi connectivity index (χ4v) is 2.56. The number of rotatable bonds is 6. The van der Waals surface area contributed by atoms with Crippen LogP contribution in [0.4, 0.5) is 5.69 Å². The highest BCUT2D eigenvalue weighted by molar-refractivity contribution is 7.09. The number of esters is 1. The van der Waals surface area contributed by atoms with Gasteiger partial charge in [-0.25, -0.2) is 4.79 Å². The first-order valence-corrected chi connectivity index (χ1v) is 7.86. The van der Waals surface area contributed by atoms with Crippen LogP contribution in [0, 0.1) is 0 Å². The molecule has 2 aromatic rings. The highest BCUT2D eigenvalue weighted by atomic mass is 35.5. The molecule has 0 aliphatic heterocycles. The summed E-state index contributed by atoms with van der Waals surface area (Å²) in [4.78, 5) is 24.7. The van der Waals surface area contributed by atoms with Crippen molar-refractivity contribution in [3.05, 3.63) is 45.1 Å². The number of benzene rings is 1. The first kappa shape index (κ1) is 17.1. The number of thiophene rings is 1. The zero-order valence-corrected chi connectivity index (χ0v) is 13.9. The minimum absolute atomic E-state index is 0.109. The van der Waals surface area contributed by atoms with Gasteiger partial charge in [-0.15, -0.1) is 11.3 Å². The molecule has 23 heavy (non-hydrogen) atoms. The quantitative estimate of drug-likeness (QED) is 0.614. The van der Waals surface area contributed by atoms with Gasteiger partial charge in [0.25, 0.3) is 5.91 Å². The van der Waals surface area contributed by atoms with Gasteiger partial charge in [0.1, 0.15) is 11.3 Å². The van der Waals surface area contributed by atoms with Crippen LogP contribution < -0.4 is 15.8 Å². The van der Waals surface area contributed by atoms with Gasteiger partial charge in [0.05, 0.1) is 24.4 Å². The van der Waals surface area contributed by atoms with Crippen LogP contribution in [-0.2, 0) is 16.1 Å². The summed E-state index contributed by atoms with van der Waals surface area (Å²) in [6.07, 6.45) is 0. The first-order valence-electron chi connectivity index (χ1n) is 6.60. The zero-order valence-electron chi connectivity index (χ0n) is 12.3. The average molecular weight is 355 g/mol. The SMILES string of the molecule is COc1cc(N)c(Cl)cc1C(=O)OCC(=O)NCc1cccs1. The van der Waals surface area contributed by atoms with Gasteiger partial charge in [-0.05, 0) is 17.5 Å². The van der Waals surface area contributed by atoms with E-state index in [9.17, 15) is 9.59 Å². The maximum Gasteiger partial charge on any atom is 0.342 e. The van der Waals surface area contributed by atoms with E-state index in [0.29, 0.717) is 6.54 Å². The van der Waals surface area contributed by atoms with Crippen LogP contribution in [0.1, 0.15) is 15.2 Å². The topological polar surface area (TPSA) is 90.7 Å². The van der Waals surface area contributed by atoms with E-state index in [-0.39, 0.29) is 22.0 Å². The van der Waals surface area contributed by atoms with Crippen LogP contribution in [0.2, 0.25) is 5.02 Å². The Morgan fingerprint density at radius 3 is 2.83 bits per heavy atom. The molecule has 0 unspecified atom stereocenters. The molecule has 0 aliphatic rings. The first-order chi connectivity index (χ1) is 11.0. The monoisotopic (exact) mass is 354 g/mol. The molecule has 2 rings (SSSR count). The van der Waals surface area contributed by atoms with Crippen LogP contribution in [0.25, 0.3) is 0 Å². The number of halogens is 1. The lowest BCUT2D eigenvalue weighted by Gasteiger charge is -2.10. The van der Waals surface area contributed by atoms with E-state index >= 15 is 0 Å². The molecule has 1 aromatic heterocycles. The van der Waals surface area contributed by atoms with Gasteiger partial charge in [-0.2, -0.15) is 0 Å². The number of hydrogen-bond acceptors (Lipinski definition) is 6. The number of ether oxygens (including phenoxy) is 2. The predicted molar refractivity (Wildman–Crippen MR) is 88.9 cm³/mol. The second-order valence-corrected chi connectivity index (χ2v) is 5.95. The molecule has 0 saturated carbocycles. The van der Waals surface area contributed by atoms with E-state index in [1.165, 1.54) is 30.6 Å². The molecular formula is C15H15ClN2O4S. The van der Waals surface area contributed by atoms with Crippen molar-refractivity contribution in [2.24, 2.45) is 0 Å². The number of carbonyl (C=O) groups is 2. The number of amides is 1. The van der Waals surface area contributed by atoms with E-state index in [1.807, 2.05) is 17.5 Å². The Hall–Kier alpha value is -2.25. The molecular weight excluding hydrogens is 340 g/mol. The lowest BCUT2D eigenvalue weighted by molar-refractivity contribution is -0.124. The number of carbonyl (C=O) groups excluding carboxylic acids is 2. The maximum absolute atomic E-state index is 12.0. The predicted octanol–water partition coefficient (Wildman–Crippen LogP) is 2.47. The second kappa shape index (κ2) is 7.85. The van der Waals surface area contributed by atoms with Crippen LogP contribution in [0.5, 0.6) is 5.75 Å². The minimum atomic E-state index is -0.713. The lowest BCUT2D eigenvalue weighted by Crippen LogP contribution is -2.28. The van der Waals surface area contributed by atoms with E-state index in [2.05, 4.69) is 5.32 Å². The van der Waals surface area contributed by atoms with Gasteiger partial charge in [-0.3, -0.25) is 4.79 Å². The number of nitrogens with two attached hydrogens (primary N) is 1. The molecule has 0 atom stereocenters. The standard InChI is InChI=1S/C15H15ClN2O4S/c1-21-13-6-12(17)11(16)5-10(13)15(20)22-8-14(19)18-7-9-3-2-4-23-9/h2-6H,7-8,17H2,1H3,(H,18,19). The maximum atomic E-state index is 12.0. The number of nitrogen functional groups attached to an aromatic ring is 1. The summed E-state index contributed by atoms with van der Waals surface area (Å²) in [6.45, 7) is 0.000425. The molecule has 0 spiro atoms. The number of anilines is 1. The van der Waals surface area contributed by atoms with Crippen LogP contribution in [0.3, 0.4) is 0 Å². The van der Waals surface area contributed by atoms with E-state index in [4.69, 9.17) is 26.8 Å². The van der Waals surface area contributed by atoms with Crippen molar-refractivity contribution in [3.8, 4) is 5.75 Å². The van der Waals surface area contributed by atoms with Crippen LogP contribution >= 0.6 is 22.9 Å². The summed E-state index contributed by atoms with van der Waals surface area (Å²) in [7, 11) is 1.40. The Morgan fingerprint density at radius 1 is 1.39 bits per heavy atom. The summed E-state index contributed by atoms with van der Waals surface area (Å²) in [6, 6.07) is 6.57. The summed E-state index contributed by atoms with van der Waals surface area (Å²) in [5.41, 5.74) is 6.04. The van der Waals surface area contributed by atoms with Crippen molar-refractivity contribution in [1.29, 1.82) is 0 Å². The molecule has 0 bridgehead atoms. The summed E-state index contributed by atoms with van der Waals surface area (Å²) in [5, 5.41) is 4.78. The average Bonchev–Trinajstić information content (AvgIpc) is 3.06. The molecule has 122 valence electrons. The fraction of sp³-hybridized carbons (Fsp3) is 0.200. The van der Waals surface area contributed by atoms with Crippen molar-refractivity contribution in [2.75, 3.05) is 19.5 Å². The van der Waals surface area contributed by atoms with Crippen molar-refractivity contribution in [3.63, 3.8) is 0 Å². The molecule has 0 radical (unpaired) electrons. The molecule has 0 saturated heterocycles. The molecule has 1 heterocycles. The molecule has 0 fully saturated rings. The minimum Gasteiger partial charge on any atom is -0.496 e. The Bertz CT molecular complexity index is 704. The van der Waals surface area contributed by atoms with Crippen molar-refractivity contribution < 1.29 is 19.1 Å². The van der Waals surface area contributed by atoms with Gasteiger partial charge >= 0.3 is 5.97 Å². The summed E-state index contributed by atoms with van der Waals surface area (Å²) < 4.78 is 10.0. The molecule has 8 heteroatoms. The Kier molecular flexibility index (Phi) is 5.84. The summed E-state index contributed by atoms with van der Waals surface area (Å²) >= 11 is 7.42. The molecule has 1 amide bonds. The Balaban J connectivity index is 1.91. The number of methoxy groups -OCH3 is 1. The van der Waals surface area contributed by atoms with Gasteiger partial charge < -0.3 is 20.5 Å². The van der Waals surface area contributed by atoms with Gasteiger partial charge in [0, 0.05) is 10.9 Å². The van der Waals surface area contributed by atoms with Crippen LogP contribution in [0.15, 0.2) is 29.6 Å². The van der Waals surface area contributed by atoms with Crippen LogP contribution in [-0.4, -0.2) is 25.6 Å². The highest BCUT2D eigenvalue weighted by Gasteiger charge is 2.17. The van der Waals surface area contributed by atoms with E-state index in [1.54, 1.807) is 0 Å². The Labute approximate surface area is 142 Å². The van der Waals surface area contributed by atoms with Gasteiger partial charge in [0.15, 0.2) is 6.61 Å². The molecule has 3 N–H and O–H groups in total. The molecule has 1 aromatic carbocycles. The molecule has 6 nitrogen and oxygen atoms in total. The van der Waals surface area contributed by atoms with Crippen molar-refractivity contribution >= 4 is 40.5 Å². The van der Waals surface area contributed by atoms with E-state index < -0.39 is 18.5 Å². The second-order valence-electron chi connectivity index (χ2n) is 4.51. The normalized spacial score (nSPS) is 10.2. The van der Waals surface area contributed by atoms with E-state index in [0.717, 1.165) is 4.88 Å². The lowest BCUT2D eigenvalue weighted by atomic mass is 10.2. The third-order valence-electron chi connectivity index (χ3n) is 2.91. The highest BCUT2D eigenvalue weighted by Crippen LogP contribution is 2.29.